The number of rotatable bonds is 9. The van der Waals surface area contributed by atoms with Crippen molar-refractivity contribution in [3.63, 3.8) is 0 Å². The van der Waals surface area contributed by atoms with Crippen LogP contribution in [-0.2, 0) is 20.3 Å². The molecular formula is C33H42F3N5O4. The van der Waals surface area contributed by atoms with Crippen LogP contribution in [0.5, 0.6) is 0 Å². The monoisotopic (exact) mass is 629 g/mol. The van der Waals surface area contributed by atoms with Crippen LogP contribution in [0.4, 0.5) is 13.2 Å². The molecule has 0 spiro atoms. The Hall–Kier alpha value is -3.69. The fraction of sp³-hybridized carbons (Fsp3) is 0.576. The van der Waals surface area contributed by atoms with Crippen LogP contribution in [0.3, 0.4) is 0 Å². The molecular weight excluding hydrogens is 587 g/mol. The van der Waals surface area contributed by atoms with Crippen molar-refractivity contribution in [2.24, 2.45) is 11.8 Å². The average molecular weight is 630 g/mol. The standard InChI is InChI=1S/C33H42F3N5O4/c1-21(29(42)31(44)41-16-14-40(2)15-17-41)24-12-13-27(26(34)19-24)38-30(43)28(23-9-5-3-4-6-10-23)39-32(45)33(35,36)25-11-7-8-22(18-25)20-37/h7-8,11-13,18-19,21,23,26-29,42H,3-6,9-10,14-17H2,1-2H3,(H,38,43)(H,39,45)/t21-,26?,27?,28-,29?/m0/s1. The van der Waals surface area contributed by atoms with E-state index in [1.165, 1.54) is 24.3 Å². The molecule has 0 radical (unpaired) electrons. The number of aliphatic hydroxyl groups excluding tert-OH is 1. The van der Waals surface area contributed by atoms with Crippen molar-refractivity contribution >= 4 is 17.7 Å². The van der Waals surface area contributed by atoms with Crippen LogP contribution in [0, 0.1) is 23.2 Å². The minimum absolute atomic E-state index is 0.0333. The second kappa shape index (κ2) is 15.1. The number of piperazine rings is 1. The average Bonchev–Trinajstić information content (AvgIpc) is 3.33. The summed E-state index contributed by atoms with van der Waals surface area (Å²) in [6.45, 7) is 4.00. The van der Waals surface area contributed by atoms with Crippen LogP contribution >= 0.6 is 0 Å². The van der Waals surface area contributed by atoms with Gasteiger partial charge in [0.25, 0.3) is 11.8 Å². The Balaban J connectivity index is 1.44. The van der Waals surface area contributed by atoms with Crippen molar-refractivity contribution in [1.82, 2.24) is 20.4 Å². The third-order valence-corrected chi connectivity index (χ3v) is 9.15. The number of hydrogen-bond acceptors (Lipinski definition) is 6. The highest BCUT2D eigenvalue weighted by Gasteiger charge is 2.44. The number of likely N-dealkylation sites (N-methyl/N-ethyl adjacent to an activating group) is 1. The number of alkyl halides is 3. The lowest BCUT2D eigenvalue weighted by molar-refractivity contribution is -0.150. The number of halogens is 3. The zero-order valence-corrected chi connectivity index (χ0v) is 25.7. The molecule has 3 amide bonds. The highest BCUT2D eigenvalue weighted by Crippen LogP contribution is 2.32. The first-order valence-corrected chi connectivity index (χ1v) is 15.6. The van der Waals surface area contributed by atoms with Crippen LogP contribution in [-0.4, -0.2) is 90.2 Å². The van der Waals surface area contributed by atoms with Crippen molar-refractivity contribution in [2.75, 3.05) is 33.2 Å². The number of nitriles is 1. The molecule has 1 aromatic carbocycles. The first-order valence-electron chi connectivity index (χ1n) is 15.6. The summed E-state index contributed by atoms with van der Waals surface area (Å²) >= 11 is 0. The Kier molecular flexibility index (Phi) is 11.4. The van der Waals surface area contributed by atoms with Gasteiger partial charge in [-0.25, -0.2) is 4.39 Å². The number of allylic oxidation sites excluding steroid dienone is 1. The molecule has 9 nitrogen and oxygen atoms in total. The van der Waals surface area contributed by atoms with Crippen LogP contribution in [0.1, 0.15) is 56.6 Å². The summed E-state index contributed by atoms with van der Waals surface area (Å²) in [5.74, 6) is -8.01. The minimum atomic E-state index is -4.01. The van der Waals surface area contributed by atoms with Gasteiger partial charge in [0.05, 0.1) is 17.7 Å². The molecule has 1 saturated heterocycles. The normalized spacial score (nSPS) is 23.6. The number of amides is 3. The van der Waals surface area contributed by atoms with Crippen LogP contribution in [0.25, 0.3) is 0 Å². The molecule has 1 saturated carbocycles. The molecule has 3 N–H and O–H groups in total. The molecule has 1 aliphatic heterocycles. The van der Waals surface area contributed by atoms with Gasteiger partial charge in [0.1, 0.15) is 18.3 Å². The lowest BCUT2D eigenvalue weighted by Crippen LogP contribution is -2.56. The van der Waals surface area contributed by atoms with Crippen LogP contribution in [0.15, 0.2) is 48.1 Å². The van der Waals surface area contributed by atoms with Gasteiger partial charge in [0.15, 0.2) is 0 Å². The molecule has 0 bridgehead atoms. The summed E-state index contributed by atoms with van der Waals surface area (Å²) in [5, 5.41) is 24.7. The lowest BCUT2D eigenvalue weighted by atomic mass is 9.87. The van der Waals surface area contributed by atoms with E-state index in [1.54, 1.807) is 24.0 Å². The number of aliphatic hydroxyl groups is 1. The van der Waals surface area contributed by atoms with Gasteiger partial charge >= 0.3 is 5.92 Å². The van der Waals surface area contributed by atoms with Crippen molar-refractivity contribution in [3.8, 4) is 6.07 Å². The van der Waals surface area contributed by atoms with Crippen molar-refractivity contribution in [3.05, 3.63) is 59.2 Å². The van der Waals surface area contributed by atoms with Gasteiger partial charge in [-0.1, -0.05) is 56.9 Å². The fourth-order valence-corrected chi connectivity index (χ4v) is 6.15. The van der Waals surface area contributed by atoms with E-state index in [2.05, 4.69) is 15.5 Å². The number of hydrogen-bond donors (Lipinski definition) is 3. The van der Waals surface area contributed by atoms with Gasteiger partial charge in [-0.2, -0.15) is 14.0 Å². The van der Waals surface area contributed by atoms with Crippen molar-refractivity contribution < 1.29 is 32.7 Å². The van der Waals surface area contributed by atoms with Crippen molar-refractivity contribution in [1.29, 1.82) is 5.26 Å². The second-order valence-corrected chi connectivity index (χ2v) is 12.3. The number of nitrogens with one attached hydrogen (secondary N) is 2. The predicted octanol–water partition coefficient (Wildman–Crippen LogP) is 3.20. The van der Waals surface area contributed by atoms with Gasteiger partial charge in [-0.05, 0) is 49.6 Å². The predicted molar refractivity (Wildman–Crippen MR) is 161 cm³/mol. The SMILES string of the molecule is C[C@@H](C1=CC(F)C(NC(=O)[C@@H](NC(=O)C(F)(F)c2cccc(C#N)c2)C2CCCCCC2)C=C1)C(O)C(=O)N1CCN(C)CC1. The number of benzene rings is 1. The Morgan fingerprint density at radius 2 is 1.76 bits per heavy atom. The first-order chi connectivity index (χ1) is 21.4. The molecule has 1 aromatic rings. The topological polar surface area (TPSA) is 126 Å². The Bertz CT molecular complexity index is 1330. The Labute approximate surface area is 262 Å². The van der Waals surface area contributed by atoms with Crippen molar-refractivity contribution in [2.45, 2.75) is 75.7 Å². The molecule has 45 heavy (non-hydrogen) atoms. The van der Waals surface area contributed by atoms with Crippen LogP contribution in [0.2, 0.25) is 0 Å². The molecule has 244 valence electrons. The summed E-state index contributed by atoms with van der Waals surface area (Å²) < 4.78 is 45.9. The van der Waals surface area contributed by atoms with E-state index in [9.17, 15) is 19.5 Å². The van der Waals surface area contributed by atoms with Gasteiger partial charge in [0.2, 0.25) is 5.91 Å². The van der Waals surface area contributed by atoms with Gasteiger partial charge in [-0.3, -0.25) is 14.4 Å². The van der Waals surface area contributed by atoms with E-state index in [-0.39, 0.29) is 5.56 Å². The van der Waals surface area contributed by atoms with E-state index in [0.29, 0.717) is 44.6 Å². The second-order valence-electron chi connectivity index (χ2n) is 12.3. The Morgan fingerprint density at radius 1 is 1.09 bits per heavy atom. The van der Waals surface area contributed by atoms with E-state index in [1.807, 2.05) is 7.05 Å². The third kappa shape index (κ3) is 8.32. The summed E-state index contributed by atoms with van der Waals surface area (Å²) in [6, 6.07) is 3.88. The number of nitrogens with zero attached hydrogens (tertiary/aromatic N) is 3. The van der Waals surface area contributed by atoms with Gasteiger partial charge in [0, 0.05) is 37.7 Å². The molecule has 3 unspecified atom stereocenters. The zero-order valence-electron chi connectivity index (χ0n) is 25.7. The highest BCUT2D eigenvalue weighted by atomic mass is 19.3. The fourth-order valence-electron chi connectivity index (χ4n) is 6.15. The first kappa shape index (κ1) is 34.2. The quantitative estimate of drug-likeness (QED) is 0.361. The largest absolute Gasteiger partial charge is 0.383 e. The van der Waals surface area contributed by atoms with Gasteiger partial charge in [-0.15, -0.1) is 0 Å². The number of carbonyl (C=O) groups is 3. The van der Waals surface area contributed by atoms with E-state index in [0.717, 1.165) is 37.8 Å². The minimum Gasteiger partial charge on any atom is -0.383 e. The summed E-state index contributed by atoms with van der Waals surface area (Å²) in [4.78, 5) is 43.0. The lowest BCUT2D eigenvalue weighted by Gasteiger charge is -2.35. The molecule has 1 heterocycles. The van der Waals surface area contributed by atoms with E-state index >= 15 is 13.2 Å². The molecule has 3 aliphatic rings. The summed E-state index contributed by atoms with van der Waals surface area (Å²) in [7, 11) is 1.95. The van der Waals surface area contributed by atoms with Crippen LogP contribution < -0.4 is 10.6 Å². The highest BCUT2D eigenvalue weighted by molar-refractivity contribution is 5.91. The molecule has 2 fully saturated rings. The van der Waals surface area contributed by atoms with E-state index in [4.69, 9.17) is 5.26 Å². The zero-order chi connectivity index (χ0) is 32.7. The molecule has 0 aromatic heterocycles. The Morgan fingerprint density at radius 3 is 2.38 bits per heavy atom. The van der Waals surface area contributed by atoms with Gasteiger partial charge < -0.3 is 25.5 Å². The maximum atomic E-state index is 15.4. The molecule has 4 rings (SSSR count). The summed E-state index contributed by atoms with van der Waals surface area (Å²) in [6.07, 6.45) is 5.55. The number of carbonyl (C=O) groups excluding carboxylic acids is 3. The summed E-state index contributed by atoms with van der Waals surface area (Å²) in [5.41, 5.74) is -0.303. The smallest absolute Gasteiger partial charge is 0.349 e. The maximum Gasteiger partial charge on any atom is 0.349 e. The molecule has 2 aliphatic carbocycles. The third-order valence-electron chi connectivity index (χ3n) is 9.15. The maximum absolute atomic E-state index is 15.4. The molecule has 12 heteroatoms. The molecule has 5 atom stereocenters. The van der Waals surface area contributed by atoms with E-state index < -0.39 is 65.4 Å².